The molecule has 1 aromatic carbocycles. The maximum absolute atomic E-state index is 11.8. The van der Waals surface area contributed by atoms with Crippen LogP contribution in [-0.2, 0) is 10.0 Å². The number of primary sulfonamides is 1. The topological polar surface area (TPSA) is 102 Å². The van der Waals surface area contributed by atoms with Gasteiger partial charge in [0.15, 0.2) is 5.76 Å². The molecule has 0 aliphatic carbocycles. The van der Waals surface area contributed by atoms with Gasteiger partial charge >= 0.3 is 0 Å². The minimum Gasteiger partial charge on any atom is -0.459 e. The number of hydrogen-bond donors (Lipinski definition) is 2. The Morgan fingerprint density at radius 3 is 2.32 bits per heavy atom. The summed E-state index contributed by atoms with van der Waals surface area (Å²) in [5.41, 5.74) is 1.17. The molecule has 1 amide bonds. The second-order valence-electron chi connectivity index (χ2n) is 3.96. The van der Waals surface area contributed by atoms with Gasteiger partial charge < -0.3 is 9.73 Å². The zero-order chi connectivity index (χ0) is 14.0. The molecular formula is C12H12N2O4S. The number of rotatable bonds is 3. The Morgan fingerprint density at radius 2 is 1.84 bits per heavy atom. The minimum atomic E-state index is -3.73. The highest BCUT2D eigenvalue weighted by Crippen LogP contribution is 2.15. The predicted octanol–water partition coefficient (Wildman–Crippen LogP) is 1.49. The van der Waals surface area contributed by atoms with Gasteiger partial charge in [0.05, 0.1) is 11.2 Å². The molecule has 6 nitrogen and oxygen atoms in total. The SMILES string of the molecule is Cc1ccoc1C(=O)Nc1ccc(S(N)(=O)=O)cc1. The van der Waals surface area contributed by atoms with Gasteiger partial charge in [0.25, 0.3) is 5.91 Å². The lowest BCUT2D eigenvalue weighted by molar-refractivity contribution is 0.0996. The lowest BCUT2D eigenvalue weighted by atomic mass is 10.2. The van der Waals surface area contributed by atoms with Gasteiger partial charge in [-0.05, 0) is 37.3 Å². The van der Waals surface area contributed by atoms with Crippen molar-refractivity contribution in [1.82, 2.24) is 0 Å². The largest absolute Gasteiger partial charge is 0.459 e. The van der Waals surface area contributed by atoms with Gasteiger partial charge in [-0.15, -0.1) is 0 Å². The molecule has 0 radical (unpaired) electrons. The molecular weight excluding hydrogens is 268 g/mol. The summed E-state index contributed by atoms with van der Waals surface area (Å²) in [6.07, 6.45) is 1.42. The zero-order valence-corrected chi connectivity index (χ0v) is 10.9. The van der Waals surface area contributed by atoms with Gasteiger partial charge in [-0.3, -0.25) is 4.79 Å². The van der Waals surface area contributed by atoms with Crippen molar-refractivity contribution in [1.29, 1.82) is 0 Å². The van der Waals surface area contributed by atoms with E-state index in [1.54, 1.807) is 13.0 Å². The van der Waals surface area contributed by atoms with Crippen molar-refractivity contribution in [3.63, 3.8) is 0 Å². The highest BCUT2D eigenvalue weighted by molar-refractivity contribution is 7.89. The number of benzene rings is 1. The standard InChI is InChI=1S/C12H12N2O4S/c1-8-6-7-18-11(8)12(15)14-9-2-4-10(5-3-9)19(13,16)17/h2-7H,1H3,(H,14,15)(H2,13,16,17). The van der Waals surface area contributed by atoms with E-state index < -0.39 is 15.9 Å². The maximum Gasteiger partial charge on any atom is 0.291 e. The smallest absolute Gasteiger partial charge is 0.291 e. The first-order valence-electron chi connectivity index (χ1n) is 5.36. The number of carbonyl (C=O) groups excluding carboxylic acids is 1. The molecule has 0 unspecified atom stereocenters. The molecule has 1 aromatic heterocycles. The van der Waals surface area contributed by atoms with Gasteiger partial charge in [-0.25, -0.2) is 13.6 Å². The lowest BCUT2D eigenvalue weighted by Gasteiger charge is -2.04. The van der Waals surface area contributed by atoms with Crippen molar-refractivity contribution in [3.8, 4) is 0 Å². The van der Waals surface area contributed by atoms with E-state index >= 15 is 0 Å². The van der Waals surface area contributed by atoms with Crippen molar-refractivity contribution in [3.05, 3.63) is 47.9 Å². The first-order chi connectivity index (χ1) is 8.88. The first-order valence-corrected chi connectivity index (χ1v) is 6.91. The number of carbonyl (C=O) groups is 1. The number of anilines is 1. The van der Waals surface area contributed by atoms with Crippen molar-refractivity contribution in [2.45, 2.75) is 11.8 Å². The Balaban J connectivity index is 2.17. The third kappa shape index (κ3) is 3.01. The summed E-state index contributed by atoms with van der Waals surface area (Å²) in [6.45, 7) is 1.75. The third-order valence-electron chi connectivity index (χ3n) is 2.51. The average molecular weight is 280 g/mol. The molecule has 0 aliphatic rings. The van der Waals surface area contributed by atoms with Crippen LogP contribution in [0.25, 0.3) is 0 Å². The molecule has 2 aromatic rings. The lowest BCUT2D eigenvalue weighted by Crippen LogP contribution is -2.14. The fourth-order valence-corrected chi connectivity index (χ4v) is 2.04. The van der Waals surface area contributed by atoms with E-state index in [0.29, 0.717) is 5.69 Å². The highest BCUT2D eigenvalue weighted by Gasteiger charge is 2.13. The first kappa shape index (κ1) is 13.3. The van der Waals surface area contributed by atoms with Crippen molar-refractivity contribution >= 4 is 21.6 Å². The van der Waals surface area contributed by atoms with E-state index in [2.05, 4.69) is 5.32 Å². The van der Waals surface area contributed by atoms with Crippen LogP contribution in [0.1, 0.15) is 16.1 Å². The molecule has 0 aliphatic heterocycles. The summed E-state index contributed by atoms with van der Waals surface area (Å²) < 4.78 is 27.2. The highest BCUT2D eigenvalue weighted by atomic mass is 32.2. The number of aryl methyl sites for hydroxylation is 1. The maximum atomic E-state index is 11.8. The molecule has 0 fully saturated rings. The van der Waals surface area contributed by atoms with E-state index in [-0.39, 0.29) is 10.7 Å². The van der Waals surface area contributed by atoms with Crippen LogP contribution < -0.4 is 10.5 Å². The Hall–Kier alpha value is -2.12. The molecule has 0 bridgehead atoms. The van der Waals surface area contributed by atoms with E-state index in [1.807, 2.05) is 0 Å². The quantitative estimate of drug-likeness (QED) is 0.889. The fourth-order valence-electron chi connectivity index (χ4n) is 1.52. The molecule has 1 heterocycles. The average Bonchev–Trinajstić information content (AvgIpc) is 2.75. The monoisotopic (exact) mass is 280 g/mol. The van der Waals surface area contributed by atoms with Gasteiger partial charge in [0, 0.05) is 11.3 Å². The molecule has 0 atom stereocenters. The molecule has 0 saturated carbocycles. The molecule has 0 saturated heterocycles. The summed E-state index contributed by atoms with van der Waals surface area (Å²) >= 11 is 0. The van der Waals surface area contributed by atoms with E-state index in [1.165, 1.54) is 30.5 Å². The molecule has 19 heavy (non-hydrogen) atoms. The molecule has 2 rings (SSSR count). The van der Waals surface area contributed by atoms with Crippen LogP contribution in [0.5, 0.6) is 0 Å². The molecule has 7 heteroatoms. The Kier molecular flexibility index (Phi) is 3.41. The molecule has 0 spiro atoms. The van der Waals surface area contributed by atoms with Gasteiger partial charge in [0.1, 0.15) is 0 Å². The predicted molar refractivity (Wildman–Crippen MR) is 69.2 cm³/mol. The number of furan rings is 1. The van der Waals surface area contributed by atoms with Crippen molar-refractivity contribution in [2.75, 3.05) is 5.32 Å². The van der Waals surface area contributed by atoms with E-state index in [4.69, 9.17) is 9.56 Å². The number of amides is 1. The normalized spacial score (nSPS) is 11.3. The number of nitrogens with two attached hydrogens (primary N) is 1. The number of hydrogen-bond acceptors (Lipinski definition) is 4. The summed E-state index contributed by atoms with van der Waals surface area (Å²) in [4.78, 5) is 11.8. The second kappa shape index (κ2) is 4.87. The molecule has 3 N–H and O–H groups in total. The number of sulfonamides is 1. The summed E-state index contributed by atoms with van der Waals surface area (Å²) in [5.74, 6) is -0.179. The van der Waals surface area contributed by atoms with E-state index in [0.717, 1.165) is 5.56 Å². The van der Waals surface area contributed by atoms with Crippen LogP contribution in [0.4, 0.5) is 5.69 Å². The zero-order valence-electron chi connectivity index (χ0n) is 10.1. The Bertz CT molecular complexity index is 702. The van der Waals surface area contributed by atoms with Gasteiger partial charge in [0.2, 0.25) is 10.0 Å². The Labute approximate surface area is 110 Å². The van der Waals surface area contributed by atoms with Crippen LogP contribution >= 0.6 is 0 Å². The molecule has 100 valence electrons. The third-order valence-corrected chi connectivity index (χ3v) is 3.44. The van der Waals surface area contributed by atoms with Crippen LogP contribution in [-0.4, -0.2) is 14.3 Å². The summed E-state index contributed by atoms with van der Waals surface area (Å²) in [6, 6.07) is 7.23. The van der Waals surface area contributed by atoms with Crippen LogP contribution in [0.3, 0.4) is 0 Å². The summed E-state index contributed by atoms with van der Waals surface area (Å²) in [5, 5.41) is 7.57. The van der Waals surface area contributed by atoms with E-state index in [9.17, 15) is 13.2 Å². The number of nitrogens with one attached hydrogen (secondary N) is 1. The van der Waals surface area contributed by atoms with Crippen LogP contribution in [0.15, 0.2) is 45.9 Å². The van der Waals surface area contributed by atoms with Gasteiger partial charge in [-0.1, -0.05) is 0 Å². The Morgan fingerprint density at radius 1 is 1.21 bits per heavy atom. The summed E-state index contributed by atoms with van der Waals surface area (Å²) in [7, 11) is -3.73. The van der Waals surface area contributed by atoms with Crippen molar-refractivity contribution < 1.29 is 17.6 Å². The minimum absolute atomic E-state index is 0.0142. The second-order valence-corrected chi connectivity index (χ2v) is 5.52. The van der Waals surface area contributed by atoms with Gasteiger partial charge in [-0.2, -0.15) is 0 Å². The van der Waals surface area contributed by atoms with Crippen LogP contribution in [0.2, 0.25) is 0 Å². The van der Waals surface area contributed by atoms with Crippen LogP contribution in [0, 0.1) is 6.92 Å². The van der Waals surface area contributed by atoms with Crippen molar-refractivity contribution in [2.24, 2.45) is 5.14 Å². The fraction of sp³-hybridized carbons (Fsp3) is 0.0833.